The van der Waals surface area contributed by atoms with Crippen molar-refractivity contribution < 1.29 is 19.2 Å². The molecule has 1 aromatic heterocycles. The topological polar surface area (TPSA) is 120 Å². The van der Waals surface area contributed by atoms with Crippen LogP contribution < -0.4 is 16.0 Å². The highest BCUT2D eigenvalue weighted by Gasteiger charge is 2.39. The fourth-order valence-electron chi connectivity index (χ4n) is 4.32. The minimum Gasteiger partial charge on any atom is -0.326 e. The number of thiazole rings is 1. The number of carbonyl (C=O) groups excluding carboxylic acids is 4. The minimum absolute atomic E-state index is 0.195. The Morgan fingerprint density at radius 2 is 2.00 bits per heavy atom. The van der Waals surface area contributed by atoms with Crippen molar-refractivity contribution in [3.8, 4) is 0 Å². The number of nitrogens with one attached hydrogen (secondary N) is 3. The van der Waals surface area contributed by atoms with E-state index in [4.69, 9.17) is 11.6 Å². The minimum atomic E-state index is -0.741. The van der Waals surface area contributed by atoms with Gasteiger partial charge >= 0.3 is 6.03 Å². The largest absolute Gasteiger partial charge is 0.326 e. The molecule has 5 rings (SSSR count). The summed E-state index contributed by atoms with van der Waals surface area (Å²) < 4.78 is 0.937. The third kappa shape index (κ3) is 4.46. The summed E-state index contributed by atoms with van der Waals surface area (Å²) in [7, 11) is 0. The van der Waals surface area contributed by atoms with Crippen LogP contribution in [0.15, 0.2) is 36.4 Å². The molecule has 2 aliphatic rings. The first-order valence-electron chi connectivity index (χ1n) is 11.0. The molecule has 9 nitrogen and oxygen atoms in total. The normalized spacial score (nSPS) is 18.0. The van der Waals surface area contributed by atoms with Gasteiger partial charge in [-0.1, -0.05) is 11.6 Å². The van der Waals surface area contributed by atoms with Gasteiger partial charge < -0.3 is 15.5 Å². The number of aromatic nitrogens is 1. The Bertz CT molecular complexity index is 1400. The number of piperidine rings is 1. The molecule has 3 aromatic rings. The molecule has 180 valence electrons. The number of nitrogens with zero attached hydrogens (tertiary/aromatic N) is 2. The highest BCUT2D eigenvalue weighted by Crippen LogP contribution is 2.32. The molecular weight excluding hydrogens is 490 g/mol. The van der Waals surface area contributed by atoms with E-state index in [1.165, 1.54) is 16.2 Å². The van der Waals surface area contributed by atoms with Crippen molar-refractivity contribution in [2.24, 2.45) is 0 Å². The van der Waals surface area contributed by atoms with Crippen molar-refractivity contribution in [3.05, 3.63) is 57.6 Å². The van der Waals surface area contributed by atoms with E-state index in [2.05, 4.69) is 20.9 Å². The molecular formula is C24H22ClN5O4S. The quantitative estimate of drug-likeness (QED) is 0.460. The molecule has 3 heterocycles. The van der Waals surface area contributed by atoms with Crippen LogP contribution in [0.3, 0.4) is 0 Å². The predicted octanol–water partition coefficient (Wildman–Crippen LogP) is 3.77. The van der Waals surface area contributed by atoms with Gasteiger partial charge in [0.1, 0.15) is 11.0 Å². The van der Waals surface area contributed by atoms with E-state index in [-0.39, 0.29) is 24.8 Å². The second-order valence-electron chi connectivity index (χ2n) is 9.11. The molecule has 1 fully saturated rings. The van der Waals surface area contributed by atoms with Crippen LogP contribution in [0.4, 0.5) is 10.5 Å². The molecule has 5 amide bonds. The Balaban J connectivity index is 1.27. The molecule has 0 saturated carbocycles. The number of amides is 5. The average Bonchev–Trinajstić information content (AvgIpc) is 3.34. The zero-order chi connectivity index (χ0) is 24.9. The second-order valence-corrected chi connectivity index (χ2v) is 10.6. The number of carbonyl (C=O) groups is 4. The summed E-state index contributed by atoms with van der Waals surface area (Å²) in [6, 6.07) is 9.38. The van der Waals surface area contributed by atoms with Gasteiger partial charge in [0, 0.05) is 29.2 Å². The molecule has 1 saturated heterocycles. The molecule has 35 heavy (non-hydrogen) atoms. The Morgan fingerprint density at radius 1 is 1.20 bits per heavy atom. The van der Waals surface area contributed by atoms with Crippen molar-refractivity contribution in [2.75, 3.05) is 5.32 Å². The van der Waals surface area contributed by atoms with Gasteiger partial charge in [0.2, 0.25) is 11.8 Å². The van der Waals surface area contributed by atoms with Gasteiger partial charge in [0.25, 0.3) is 5.91 Å². The van der Waals surface area contributed by atoms with Crippen LogP contribution in [0.25, 0.3) is 10.2 Å². The van der Waals surface area contributed by atoms with E-state index in [0.29, 0.717) is 28.3 Å². The summed E-state index contributed by atoms with van der Waals surface area (Å²) in [6.45, 7) is 3.97. The molecule has 3 N–H and O–H groups in total. The lowest BCUT2D eigenvalue weighted by Crippen LogP contribution is -2.52. The van der Waals surface area contributed by atoms with Crippen LogP contribution in [0.2, 0.25) is 5.02 Å². The first-order chi connectivity index (χ1) is 16.6. The summed E-state index contributed by atoms with van der Waals surface area (Å²) in [6.07, 6.45) is 0.492. The van der Waals surface area contributed by atoms with Gasteiger partial charge in [-0.2, -0.15) is 0 Å². The molecule has 0 bridgehead atoms. The Kier molecular flexibility index (Phi) is 5.72. The van der Waals surface area contributed by atoms with E-state index >= 15 is 0 Å². The van der Waals surface area contributed by atoms with Crippen molar-refractivity contribution in [3.63, 3.8) is 0 Å². The summed E-state index contributed by atoms with van der Waals surface area (Å²) >= 11 is 7.54. The van der Waals surface area contributed by atoms with Crippen LogP contribution >= 0.6 is 22.9 Å². The highest BCUT2D eigenvalue weighted by molar-refractivity contribution is 7.18. The second kappa shape index (κ2) is 8.62. The number of halogens is 1. The Labute approximate surface area is 209 Å². The molecule has 1 unspecified atom stereocenters. The zero-order valence-corrected chi connectivity index (χ0v) is 20.5. The van der Waals surface area contributed by atoms with Crippen molar-refractivity contribution >= 4 is 62.6 Å². The Hall–Kier alpha value is -3.50. The SMILES string of the molecule is CC(C)(NC(=O)Nc1ccc2c(c1)CN(C1CCC(=O)NC1=O)C2=O)c1nc2ccc(Cl)cc2s1. The third-order valence-electron chi connectivity index (χ3n) is 6.09. The molecule has 2 aromatic carbocycles. The Morgan fingerprint density at radius 3 is 2.77 bits per heavy atom. The molecule has 2 aliphatic heterocycles. The maximum Gasteiger partial charge on any atom is 0.319 e. The molecule has 1 atom stereocenters. The van der Waals surface area contributed by atoms with Crippen molar-refractivity contribution in [2.45, 2.75) is 44.8 Å². The fourth-order valence-corrected chi connectivity index (χ4v) is 5.62. The lowest BCUT2D eigenvalue weighted by Gasteiger charge is -2.29. The predicted molar refractivity (Wildman–Crippen MR) is 132 cm³/mol. The van der Waals surface area contributed by atoms with Gasteiger partial charge in [0.05, 0.1) is 15.8 Å². The van der Waals surface area contributed by atoms with Gasteiger partial charge in [-0.3, -0.25) is 19.7 Å². The number of anilines is 1. The van der Waals surface area contributed by atoms with Crippen molar-refractivity contribution in [1.29, 1.82) is 0 Å². The van der Waals surface area contributed by atoms with Crippen molar-refractivity contribution in [1.82, 2.24) is 20.5 Å². The standard InChI is InChI=1S/C24H22ClN5O4S/c1-24(2,22-27-16-6-3-13(25)10-18(16)35-22)29-23(34)26-14-4-5-15-12(9-14)11-30(21(15)33)17-7-8-19(31)28-20(17)32/h3-6,9-10,17H,7-8,11H2,1-2H3,(H2,26,29,34)(H,28,31,32). The number of hydrogen-bond acceptors (Lipinski definition) is 6. The van der Waals surface area contributed by atoms with Gasteiger partial charge in [-0.05, 0) is 62.2 Å². The number of benzene rings is 2. The summed E-state index contributed by atoms with van der Waals surface area (Å²) in [5.74, 6) is -1.05. The maximum absolute atomic E-state index is 12.8. The van der Waals surface area contributed by atoms with E-state index in [0.717, 1.165) is 15.2 Å². The van der Waals surface area contributed by atoms with Crippen LogP contribution in [0, 0.1) is 0 Å². The van der Waals surface area contributed by atoms with Gasteiger partial charge in [0.15, 0.2) is 0 Å². The van der Waals surface area contributed by atoms with Crippen LogP contribution in [-0.4, -0.2) is 39.7 Å². The van der Waals surface area contributed by atoms with Gasteiger partial charge in [-0.15, -0.1) is 11.3 Å². The fraction of sp³-hybridized carbons (Fsp3) is 0.292. The van der Waals surface area contributed by atoms with E-state index in [9.17, 15) is 19.2 Å². The third-order valence-corrected chi connectivity index (χ3v) is 7.67. The summed E-state index contributed by atoms with van der Waals surface area (Å²) in [5, 5.41) is 9.42. The maximum atomic E-state index is 12.8. The number of rotatable bonds is 4. The summed E-state index contributed by atoms with van der Waals surface area (Å²) in [4.78, 5) is 55.4. The smallest absolute Gasteiger partial charge is 0.319 e. The zero-order valence-electron chi connectivity index (χ0n) is 19.0. The van der Waals surface area contributed by atoms with E-state index in [1.54, 1.807) is 24.3 Å². The lowest BCUT2D eigenvalue weighted by molar-refractivity contribution is -0.136. The van der Waals surface area contributed by atoms with Crippen LogP contribution in [-0.2, 0) is 21.7 Å². The molecule has 0 radical (unpaired) electrons. The number of urea groups is 1. The van der Waals surface area contributed by atoms with E-state index < -0.39 is 23.5 Å². The first-order valence-corrected chi connectivity index (χ1v) is 12.2. The monoisotopic (exact) mass is 511 g/mol. The van der Waals surface area contributed by atoms with Crippen LogP contribution in [0.1, 0.15) is 47.6 Å². The molecule has 11 heteroatoms. The van der Waals surface area contributed by atoms with Gasteiger partial charge in [-0.25, -0.2) is 9.78 Å². The molecule has 0 aliphatic carbocycles. The highest BCUT2D eigenvalue weighted by atomic mass is 35.5. The number of fused-ring (bicyclic) bond motifs is 2. The average molecular weight is 512 g/mol. The number of hydrogen-bond donors (Lipinski definition) is 3. The van der Waals surface area contributed by atoms with E-state index in [1.807, 2.05) is 26.0 Å². The lowest BCUT2D eigenvalue weighted by atomic mass is 10.0. The summed E-state index contributed by atoms with van der Waals surface area (Å²) in [5.41, 5.74) is 1.78. The number of imide groups is 1. The first kappa shape index (κ1) is 23.3. The van der Waals surface area contributed by atoms with Crippen LogP contribution in [0.5, 0.6) is 0 Å². The molecule has 0 spiro atoms.